The van der Waals surface area contributed by atoms with Gasteiger partial charge in [-0.05, 0) is 26.0 Å². The van der Waals surface area contributed by atoms with Crippen LogP contribution in [0.15, 0.2) is 30.3 Å². The van der Waals surface area contributed by atoms with Crippen LogP contribution in [0.4, 0.5) is 5.69 Å². The van der Waals surface area contributed by atoms with Gasteiger partial charge in [0.2, 0.25) is 0 Å². The molecule has 0 fully saturated rings. The zero-order valence-electron chi connectivity index (χ0n) is 7.75. The monoisotopic (exact) mass is 183 g/mol. The lowest BCUT2D eigenvalue weighted by molar-refractivity contribution is 0.866. The van der Waals surface area contributed by atoms with E-state index in [1.807, 2.05) is 6.07 Å². The molecule has 0 aliphatic carbocycles. The van der Waals surface area contributed by atoms with Gasteiger partial charge in [0.05, 0.1) is 0 Å². The Kier molecular flexibility index (Phi) is 5.64. The molecule has 0 aliphatic heterocycles. The van der Waals surface area contributed by atoms with Gasteiger partial charge in [-0.15, -0.1) is 0 Å². The summed E-state index contributed by atoms with van der Waals surface area (Å²) in [6.07, 6.45) is 0. The molecule has 0 aliphatic rings. The highest BCUT2D eigenvalue weighted by Crippen LogP contribution is 2.11. The molecule has 0 spiro atoms. The Bertz CT molecular complexity index is 194. The summed E-state index contributed by atoms with van der Waals surface area (Å²) in [5, 5.41) is 0. The van der Waals surface area contributed by atoms with Gasteiger partial charge in [-0.2, -0.15) is 13.5 Å². The Morgan fingerprint density at radius 2 is 1.50 bits per heavy atom. The summed E-state index contributed by atoms with van der Waals surface area (Å²) in [6.45, 7) is 6.52. The highest BCUT2D eigenvalue weighted by molar-refractivity contribution is 7.59. The van der Waals surface area contributed by atoms with Crippen LogP contribution >= 0.6 is 13.5 Å². The van der Waals surface area contributed by atoms with E-state index in [0.29, 0.717) is 0 Å². The summed E-state index contributed by atoms with van der Waals surface area (Å²) in [4.78, 5) is 2.33. The van der Waals surface area contributed by atoms with Gasteiger partial charge in [0.25, 0.3) is 0 Å². The third-order valence-electron chi connectivity index (χ3n) is 1.88. The average Bonchev–Trinajstić information content (AvgIpc) is 2.09. The number of nitrogens with zero attached hydrogens (tertiary/aromatic N) is 1. The Labute approximate surface area is 81.8 Å². The van der Waals surface area contributed by atoms with Gasteiger partial charge in [-0.25, -0.2) is 0 Å². The smallest absolute Gasteiger partial charge is 0.0365 e. The highest BCUT2D eigenvalue weighted by atomic mass is 32.1. The first kappa shape index (κ1) is 11.4. The second kappa shape index (κ2) is 5.95. The van der Waals surface area contributed by atoms with Crippen molar-refractivity contribution < 1.29 is 0 Å². The Morgan fingerprint density at radius 3 is 1.92 bits per heavy atom. The second-order valence-corrected chi connectivity index (χ2v) is 2.51. The molecule has 0 saturated heterocycles. The summed E-state index contributed by atoms with van der Waals surface area (Å²) in [6, 6.07) is 10.5. The standard InChI is InChI=1S/C10H15N.H2S/c1-3-11(4-2)10-8-6-5-7-9-10;/h5-9H,3-4H2,1-2H3;1H2. The number of hydrogen-bond acceptors (Lipinski definition) is 1. The predicted molar refractivity (Wildman–Crippen MR) is 60.4 cm³/mol. The molecular formula is C10H17NS. The van der Waals surface area contributed by atoms with Gasteiger partial charge >= 0.3 is 0 Å². The van der Waals surface area contributed by atoms with Crippen LogP contribution in [0, 0.1) is 0 Å². The third-order valence-corrected chi connectivity index (χ3v) is 1.88. The number of anilines is 1. The Hall–Kier alpha value is -0.630. The van der Waals surface area contributed by atoms with Gasteiger partial charge in [-0.1, -0.05) is 18.2 Å². The molecule has 0 aromatic heterocycles. The molecular weight excluding hydrogens is 166 g/mol. The molecule has 2 heteroatoms. The summed E-state index contributed by atoms with van der Waals surface area (Å²) in [5.74, 6) is 0. The van der Waals surface area contributed by atoms with Crippen LogP contribution in [0.1, 0.15) is 13.8 Å². The fourth-order valence-electron chi connectivity index (χ4n) is 1.23. The summed E-state index contributed by atoms with van der Waals surface area (Å²) in [7, 11) is 0. The maximum Gasteiger partial charge on any atom is 0.0365 e. The van der Waals surface area contributed by atoms with Crippen molar-refractivity contribution in [1.82, 2.24) is 0 Å². The fraction of sp³-hybridized carbons (Fsp3) is 0.400. The molecule has 0 saturated carbocycles. The van der Waals surface area contributed by atoms with Crippen LogP contribution in [0.25, 0.3) is 0 Å². The number of rotatable bonds is 3. The van der Waals surface area contributed by atoms with Gasteiger partial charge < -0.3 is 4.90 Å². The van der Waals surface area contributed by atoms with Crippen LogP contribution in [-0.2, 0) is 0 Å². The first-order valence-corrected chi connectivity index (χ1v) is 4.18. The molecule has 0 bridgehead atoms. The van der Waals surface area contributed by atoms with Crippen LogP contribution < -0.4 is 4.90 Å². The molecule has 0 atom stereocenters. The van der Waals surface area contributed by atoms with E-state index in [1.54, 1.807) is 0 Å². The van der Waals surface area contributed by atoms with Crippen molar-refractivity contribution in [2.75, 3.05) is 18.0 Å². The molecule has 0 unspecified atom stereocenters. The number of para-hydroxylation sites is 1. The first-order chi connectivity index (χ1) is 5.38. The van der Waals surface area contributed by atoms with Crippen molar-refractivity contribution in [2.45, 2.75) is 13.8 Å². The van der Waals surface area contributed by atoms with Crippen molar-refractivity contribution in [2.24, 2.45) is 0 Å². The number of hydrogen-bond donors (Lipinski definition) is 0. The summed E-state index contributed by atoms with van der Waals surface area (Å²) in [5.41, 5.74) is 1.32. The SMILES string of the molecule is CCN(CC)c1ccccc1.S. The van der Waals surface area contributed by atoms with E-state index in [2.05, 4.69) is 43.0 Å². The second-order valence-electron chi connectivity index (χ2n) is 2.51. The maximum atomic E-state index is 2.33. The average molecular weight is 183 g/mol. The molecule has 0 radical (unpaired) electrons. The van der Waals surface area contributed by atoms with E-state index in [4.69, 9.17) is 0 Å². The van der Waals surface area contributed by atoms with Crippen molar-refractivity contribution in [1.29, 1.82) is 0 Å². The molecule has 12 heavy (non-hydrogen) atoms. The van der Waals surface area contributed by atoms with Crippen LogP contribution in [-0.4, -0.2) is 13.1 Å². The fourth-order valence-corrected chi connectivity index (χ4v) is 1.23. The zero-order chi connectivity index (χ0) is 8.10. The van der Waals surface area contributed by atoms with Crippen LogP contribution in [0.3, 0.4) is 0 Å². The maximum absolute atomic E-state index is 2.33. The quantitative estimate of drug-likeness (QED) is 0.696. The largest absolute Gasteiger partial charge is 0.372 e. The minimum atomic E-state index is 0. The summed E-state index contributed by atoms with van der Waals surface area (Å²) >= 11 is 0. The normalized spacial score (nSPS) is 8.83. The molecule has 68 valence electrons. The van der Waals surface area contributed by atoms with E-state index in [9.17, 15) is 0 Å². The minimum absolute atomic E-state index is 0. The van der Waals surface area contributed by atoms with Crippen LogP contribution in [0.2, 0.25) is 0 Å². The molecule has 0 amide bonds. The molecule has 1 rings (SSSR count). The molecule has 1 nitrogen and oxygen atoms in total. The van der Waals surface area contributed by atoms with Crippen molar-refractivity contribution in [3.8, 4) is 0 Å². The molecule has 0 N–H and O–H groups in total. The lowest BCUT2D eigenvalue weighted by Crippen LogP contribution is -2.21. The van der Waals surface area contributed by atoms with Gasteiger partial charge in [0.15, 0.2) is 0 Å². The van der Waals surface area contributed by atoms with E-state index in [1.165, 1.54) is 5.69 Å². The Morgan fingerprint density at radius 1 is 1.00 bits per heavy atom. The van der Waals surface area contributed by atoms with E-state index in [-0.39, 0.29) is 13.5 Å². The molecule has 1 aromatic rings. The van der Waals surface area contributed by atoms with Crippen molar-refractivity contribution in [3.05, 3.63) is 30.3 Å². The Balaban J connectivity index is 0.00000121. The van der Waals surface area contributed by atoms with Crippen molar-refractivity contribution >= 4 is 19.2 Å². The van der Waals surface area contributed by atoms with Crippen molar-refractivity contribution in [3.63, 3.8) is 0 Å². The van der Waals surface area contributed by atoms with Gasteiger partial charge in [-0.3, -0.25) is 0 Å². The van der Waals surface area contributed by atoms with E-state index >= 15 is 0 Å². The first-order valence-electron chi connectivity index (χ1n) is 4.18. The zero-order valence-corrected chi connectivity index (χ0v) is 8.75. The highest BCUT2D eigenvalue weighted by Gasteiger charge is 1.97. The topological polar surface area (TPSA) is 3.24 Å². The lowest BCUT2D eigenvalue weighted by Gasteiger charge is -2.20. The van der Waals surface area contributed by atoms with Gasteiger partial charge in [0.1, 0.15) is 0 Å². The minimum Gasteiger partial charge on any atom is -0.372 e. The van der Waals surface area contributed by atoms with Crippen LogP contribution in [0.5, 0.6) is 0 Å². The van der Waals surface area contributed by atoms with Gasteiger partial charge in [0, 0.05) is 18.8 Å². The molecule has 1 aromatic carbocycles. The van der Waals surface area contributed by atoms with E-state index in [0.717, 1.165) is 13.1 Å². The third kappa shape index (κ3) is 2.78. The molecule has 0 heterocycles. The lowest BCUT2D eigenvalue weighted by atomic mass is 10.3. The van der Waals surface area contributed by atoms with E-state index < -0.39 is 0 Å². The predicted octanol–water partition coefficient (Wildman–Crippen LogP) is 2.65. The number of benzene rings is 1. The summed E-state index contributed by atoms with van der Waals surface area (Å²) < 4.78 is 0.